The van der Waals surface area contributed by atoms with E-state index in [4.69, 9.17) is 0 Å². The SMILES string of the molecule is Cc1ccc(S(=O)(=O)N(CC(=O)N/N=C/c2cccnc2)Cc2ccccc2F)cc1. The van der Waals surface area contributed by atoms with E-state index in [-0.39, 0.29) is 17.0 Å². The molecule has 0 fully saturated rings. The first kappa shape index (κ1) is 22.3. The number of nitrogens with one attached hydrogen (secondary N) is 1. The summed E-state index contributed by atoms with van der Waals surface area (Å²) in [5.41, 5.74) is 4.01. The number of aromatic nitrogens is 1. The van der Waals surface area contributed by atoms with Gasteiger partial charge in [0.05, 0.1) is 17.7 Å². The topological polar surface area (TPSA) is 91.7 Å². The van der Waals surface area contributed by atoms with Crippen LogP contribution < -0.4 is 5.43 Å². The minimum atomic E-state index is -4.06. The van der Waals surface area contributed by atoms with Crippen LogP contribution in [-0.2, 0) is 21.4 Å². The van der Waals surface area contributed by atoms with Crippen LogP contribution in [0.3, 0.4) is 0 Å². The molecule has 2 aromatic carbocycles. The third-order valence-electron chi connectivity index (χ3n) is 4.37. The Labute approximate surface area is 180 Å². The second kappa shape index (κ2) is 10.1. The van der Waals surface area contributed by atoms with Crippen molar-refractivity contribution in [1.82, 2.24) is 14.7 Å². The Hall–Kier alpha value is -3.43. The maximum atomic E-state index is 14.2. The first-order chi connectivity index (χ1) is 14.9. The predicted octanol–water partition coefficient (Wildman–Crippen LogP) is 2.87. The second-order valence-corrected chi connectivity index (χ2v) is 8.70. The van der Waals surface area contributed by atoms with Gasteiger partial charge in [-0.25, -0.2) is 18.2 Å². The summed E-state index contributed by atoms with van der Waals surface area (Å²) in [6.07, 6.45) is 4.55. The Kier molecular flexibility index (Phi) is 7.22. The van der Waals surface area contributed by atoms with Gasteiger partial charge in [0.1, 0.15) is 5.82 Å². The van der Waals surface area contributed by atoms with Gasteiger partial charge in [-0.2, -0.15) is 9.41 Å². The second-order valence-electron chi connectivity index (χ2n) is 6.76. The molecule has 0 radical (unpaired) electrons. The van der Waals surface area contributed by atoms with Crippen molar-refractivity contribution in [2.24, 2.45) is 5.10 Å². The summed E-state index contributed by atoms with van der Waals surface area (Å²) in [6.45, 7) is 0.999. The van der Waals surface area contributed by atoms with Crippen molar-refractivity contribution in [3.8, 4) is 0 Å². The number of rotatable bonds is 8. The van der Waals surface area contributed by atoms with Crippen LogP contribution in [0.5, 0.6) is 0 Å². The van der Waals surface area contributed by atoms with E-state index in [1.807, 2.05) is 6.92 Å². The molecule has 160 valence electrons. The Morgan fingerprint density at radius 2 is 1.87 bits per heavy atom. The number of nitrogens with zero attached hydrogens (tertiary/aromatic N) is 3. The zero-order valence-electron chi connectivity index (χ0n) is 16.8. The first-order valence-corrected chi connectivity index (χ1v) is 10.8. The van der Waals surface area contributed by atoms with Crippen LogP contribution in [0.25, 0.3) is 0 Å². The largest absolute Gasteiger partial charge is 0.272 e. The molecule has 3 rings (SSSR count). The lowest BCUT2D eigenvalue weighted by atomic mass is 10.2. The Balaban J connectivity index is 1.81. The minimum Gasteiger partial charge on any atom is -0.272 e. The molecule has 0 aliphatic heterocycles. The molecule has 0 unspecified atom stereocenters. The molecule has 0 saturated heterocycles. The number of hydrogen-bond donors (Lipinski definition) is 1. The van der Waals surface area contributed by atoms with E-state index < -0.39 is 28.3 Å². The number of amides is 1. The Bertz CT molecular complexity index is 1170. The lowest BCUT2D eigenvalue weighted by Crippen LogP contribution is -2.39. The third-order valence-corrected chi connectivity index (χ3v) is 6.18. The van der Waals surface area contributed by atoms with Gasteiger partial charge in [0.15, 0.2) is 0 Å². The number of aryl methyl sites for hydroxylation is 1. The summed E-state index contributed by atoms with van der Waals surface area (Å²) in [4.78, 5) is 16.4. The summed E-state index contributed by atoms with van der Waals surface area (Å²) in [7, 11) is -4.06. The van der Waals surface area contributed by atoms with Crippen molar-refractivity contribution in [3.05, 3.63) is 95.6 Å². The first-order valence-electron chi connectivity index (χ1n) is 9.38. The molecule has 9 heteroatoms. The maximum absolute atomic E-state index is 14.2. The standard InChI is InChI=1S/C22H21FN4O3S/c1-17-8-10-20(11-9-17)31(29,30)27(15-19-6-2-3-7-21(19)23)16-22(28)26-25-14-18-5-4-12-24-13-18/h2-14H,15-16H2,1H3,(H,26,28)/b25-14+. The maximum Gasteiger partial charge on any atom is 0.255 e. The van der Waals surface area contributed by atoms with E-state index in [2.05, 4.69) is 15.5 Å². The number of benzene rings is 2. The van der Waals surface area contributed by atoms with E-state index in [0.29, 0.717) is 5.56 Å². The summed E-state index contributed by atoms with van der Waals surface area (Å²) in [6, 6.07) is 15.5. The third kappa shape index (κ3) is 6.03. The molecule has 1 amide bonds. The molecule has 1 aromatic heterocycles. The summed E-state index contributed by atoms with van der Waals surface area (Å²) >= 11 is 0. The molecule has 31 heavy (non-hydrogen) atoms. The monoisotopic (exact) mass is 440 g/mol. The predicted molar refractivity (Wildman–Crippen MR) is 115 cm³/mol. The van der Waals surface area contributed by atoms with E-state index in [0.717, 1.165) is 9.87 Å². The van der Waals surface area contributed by atoms with E-state index in [9.17, 15) is 17.6 Å². The highest BCUT2D eigenvalue weighted by atomic mass is 32.2. The minimum absolute atomic E-state index is 0.0149. The number of sulfonamides is 1. The highest BCUT2D eigenvalue weighted by Gasteiger charge is 2.27. The van der Waals surface area contributed by atoms with Crippen LogP contribution in [0.2, 0.25) is 0 Å². The van der Waals surface area contributed by atoms with Gasteiger partial charge in [0, 0.05) is 30.1 Å². The van der Waals surface area contributed by atoms with Crippen LogP contribution in [0, 0.1) is 12.7 Å². The van der Waals surface area contributed by atoms with Crippen molar-refractivity contribution in [2.45, 2.75) is 18.4 Å². The zero-order chi connectivity index (χ0) is 22.3. The molecule has 1 heterocycles. The number of halogens is 1. The fourth-order valence-corrected chi connectivity index (χ4v) is 4.10. The molecule has 0 saturated carbocycles. The average molecular weight is 441 g/mol. The lowest BCUT2D eigenvalue weighted by Gasteiger charge is -2.22. The molecule has 0 aliphatic rings. The van der Waals surface area contributed by atoms with E-state index >= 15 is 0 Å². The number of pyridine rings is 1. The van der Waals surface area contributed by atoms with Crippen molar-refractivity contribution < 1.29 is 17.6 Å². The zero-order valence-corrected chi connectivity index (χ0v) is 17.6. The molecule has 7 nitrogen and oxygen atoms in total. The summed E-state index contributed by atoms with van der Waals surface area (Å²) in [5, 5.41) is 3.83. The summed E-state index contributed by atoms with van der Waals surface area (Å²) < 4.78 is 41.4. The molecule has 0 spiro atoms. The fraction of sp³-hybridized carbons (Fsp3) is 0.136. The molecule has 0 atom stereocenters. The van der Waals surface area contributed by atoms with Crippen LogP contribution in [0.4, 0.5) is 4.39 Å². The van der Waals surface area contributed by atoms with Crippen LogP contribution >= 0.6 is 0 Å². The van der Waals surface area contributed by atoms with E-state index in [1.165, 1.54) is 36.5 Å². The highest BCUT2D eigenvalue weighted by molar-refractivity contribution is 7.89. The van der Waals surface area contributed by atoms with Crippen molar-refractivity contribution >= 4 is 22.1 Å². The lowest BCUT2D eigenvalue weighted by molar-refractivity contribution is -0.121. The number of carbonyl (C=O) groups excluding carboxylic acids is 1. The quantitative estimate of drug-likeness (QED) is 0.431. The highest BCUT2D eigenvalue weighted by Crippen LogP contribution is 2.20. The van der Waals surface area contributed by atoms with Gasteiger partial charge in [-0.15, -0.1) is 0 Å². The number of hydrazone groups is 1. The average Bonchev–Trinajstić information content (AvgIpc) is 2.76. The van der Waals surface area contributed by atoms with Crippen LogP contribution in [0.1, 0.15) is 16.7 Å². The van der Waals surface area contributed by atoms with Crippen molar-refractivity contribution in [2.75, 3.05) is 6.54 Å². The molecular weight excluding hydrogens is 419 g/mol. The molecule has 0 aliphatic carbocycles. The molecular formula is C22H21FN4O3S. The Morgan fingerprint density at radius 3 is 2.55 bits per heavy atom. The van der Waals surface area contributed by atoms with Gasteiger partial charge in [-0.1, -0.05) is 42.0 Å². The van der Waals surface area contributed by atoms with Gasteiger partial charge in [-0.3, -0.25) is 9.78 Å². The fourth-order valence-electron chi connectivity index (χ4n) is 2.73. The van der Waals surface area contributed by atoms with E-state index in [1.54, 1.807) is 42.7 Å². The molecule has 1 N–H and O–H groups in total. The molecule has 3 aromatic rings. The Morgan fingerprint density at radius 1 is 1.13 bits per heavy atom. The van der Waals surface area contributed by atoms with Gasteiger partial charge in [0.2, 0.25) is 10.0 Å². The van der Waals surface area contributed by atoms with Crippen LogP contribution in [0.15, 0.2) is 83.1 Å². The van der Waals surface area contributed by atoms with Crippen molar-refractivity contribution in [1.29, 1.82) is 0 Å². The van der Waals surface area contributed by atoms with Gasteiger partial charge >= 0.3 is 0 Å². The normalized spacial score (nSPS) is 11.7. The smallest absolute Gasteiger partial charge is 0.255 e. The van der Waals surface area contributed by atoms with Crippen LogP contribution in [-0.4, -0.2) is 36.4 Å². The van der Waals surface area contributed by atoms with Gasteiger partial charge in [0.25, 0.3) is 5.91 Å². The number of hydrogen-bond acceptors (Lipinski definition) is 5. The summed E-state index contributed by atoms with van der Waals surface area (Å²) in [5.74, 6) is -1.21. The van der Waals surface area contributed by atoms with Gasteiger partial charge in [-0.05, 0) is 31.2 Å². The van der Waals surface area contributed by atoms with Gasteiger partial charge < -0.3 is 0 Å². The number of carbonyl (C=O) groups is 1. The van der Waals surface area contributed by atoms with Crippen molar-refractivity contribution in [3.63, 3.8) is 0 Å². The molecule has 0 bridgehead atoms.